The summed E-state index contributed by atoms with van der Waals surface area (Å²) in [6, 6.07) is 5.72. The molecular weight excluding hydrogens is 363 g/mol. The van der Waals surface area contributed by atoms with E-state index >= 15 is 0 Å². The van der Waals surface area contributed by atoms with Crippen molar-refractivity contribution in [3.05, 3.63) is 47.2 Å². The zero-order chi connectivity index (χ0) is 20.3. The molecule has 0 unspecified atom stereocenters. The molecule has 1 aromatic heterocycles. The average Bonchev–Trinajstić information content (AvgIpc) is 2.69. The van der Waals surface area contributed by atoms with Gasteiger partial charge in [-0.15, -0.1) is 0 Å². The molecule has 0 bridgehead atoms. The number of aromatic hydroxyl groups is 2. The first kappa shape index (κ1) is 20.0. The Bertz CT molecular complexity index is 849. The lowest BCUT2D eigenvalue weighted by atomic mass is 9.80. The van der Waals surface area contributed by atoms with Crippen molar-refractivity contribution in [2.24, 2.45) is 0 Å². The quantitative estimate of drug-likeness (QED) is 0.728. The number of hydrogen-bond donors (Lipinski definition) is 3. The molecule has 1 fully saturated rings. The number of nitrogens with zero attached hydrogens (tertiary/aromatic N) is 3. The second kappa shape index (κ2) is 8.10. The van der Waals surface area contributed by atoms with Crippen molar-refractivity contribution >= 4 is 5.91 Å². The minimum atomic E-state index is -0.648. The summed E-state index contributed by atoms with van der Waals surface area (Å²) in [5.41, 5.74) is -0.0590. The molecule has 1 amide bonds. The van der Waals surface area contributed by atoms with Crippen molar-refractivity contribution in [2.45, 2.75) is 44.2 Å². The lowest BCUT2D eigenvalue weighted by Crippen LogP contribution is -2.44. The highest BCUT2D eigenvalue weighted by Gasteiger charge is 2.40. The van der Waals surface area contributed by atoms with E-state index in [9.17, 15) is 19.4 Å². The average molecular weight is 388 g/mol. The van der Waals surface area contributed by atoms with Crippen molar-refractivity contribution in [1.29, 1.82) is 0 Å². The lowest BCUT2D eigenvalue weighted by Gasteiger charge is -2.41. The molecule has 0 atom stereocenters. The van der Waals surface area contributed by atoms with Gasteiger partial charge < -0.3 is 15.5 Å². The third-order valence-corrected chi connectivity index (χ3v) is 5.40. The Balaban J connectivity index is 1.88. The molecule has 0 radical (unpaired) electrons. The lowest BCUT2D eigenvalue weighted by molar-refractivity contribution is 0.0856. The number of halogens is 1. The van der Waals surface area contributed by atoms with Gasteiger partial charge in [0.2, 0.25) is 5.75 Å². The maximum Gasteiger partial charge on any atom is 0.274 e. The molecule has 3 rings (SSSR count). The van der Waals surface area contributed by atoms with Crippen molar-refractivity contribution in [3.8, 4) is 11.6 Å². The van der Waals surface area contributed by atoms with Crippen molar-refractivity contribution in [1.82, 2.24) is 20.2 Å². The number of rotatable bonds is 5. The monoisotopic (exact) mass is 388 g/mol. The number of carbonyl (C=O) groups is 1. The van der Waals surface area contributed by atoms with Crippen LogP contribution in [0.4, 0.5) is 4.39 Å². The van der Waals surface area contributed by atoms with Gasteiger partial charge in [0.05, 0.1) is 5.54 Å². The van der Waals surface area contributed by atoms with E-state index in [1.54, 1.807) is 12.1 Å². The summed E-state index contributed by atoms with van der Waals surface area (Å²) in [6.45, 7) is 0.136. The molecule has 3 N–H and O–H groups in total. The van der Waals surface area contributed by atoms with Crippen LogP contribution in [0.3, 0.4) is 0 Å². The van der Waals surface area contributed by atoms with Crippen LogP contribution in [0.15, 0.2) is 24.3 Å². The molecule has 1 saturated carbocycles. The first-order valence-electron chi connectivity index (χ1n) is 9.34. The fourth-order valence-corrected chi connectivity index (χ4v) is 3.69. The minimum Gasteiger partial charge on any atom is -0.501 e. The maximum atomic E-state index is 13.0. The van der Waals surface area contributed by atoms with E-state index < -0.39 is 23.1 Å². The molecule has 28 heavy (non-hydrogen) atoms. The van der Waals surface area contributed by atoms with Crippen LogP contribution in [-0.4, -0.2) is 45.1 Å². The van der Waals surface area contributed by atoms with Crippen LogP contribution >= 0.6 is 0 Å². The molecule has 1 aliphatic rings. The summed E-state index contributed by atoms with van der Waals surface area (Å²) in [4.78, 5) is 23.1. The molecule has 1 aromatic carbocycles. The molecular formula is C20H25FN4O3. The first-order chi connectivity index (χ1) is 13.3. The Morgan fingerprint density at radius 2 is 1.79 bits per heavy atom. The second-order valence-electron chi connectivity index (χ2n) is 7.36. The van der Waals surface area contributed by atoms with E-state index in [0.717, 1.165) is 32.1 Å². The summed E-state index contributed by atoms with van der Waals surface area (Å²) in [5.74, 6) is -1.92. The smallest absolute Gasteiger partial charge is 0.274 e. The highest BCUT2D eigenvalue weighted by Crippen LogP contribution is 2.41. The fraction of sp³-hybridized carbons (Fsp3) is 0.450. The van der Waals surface area contributed by atoms with Crippen LogP contribution < -0.4 is 5.32 Å². The molecule has 1 aliphatic carbocycles. The molecule has 150 valence electrons. The summed E-state index contributed by atoms with van der Waals surface area (Å²) >= 11 is 0. The third-order valence-electron chi connectivity index (χ3n) is 5.40. The van der Waals surface area contributed by atoms with Crippen molar-refractivity contribution < 1.29 is 19.4 Å². The Morgan fingerprint density at radius 1 is 1.14 bits per heavy atom. The molecule has 2 aromatic rings. The largest absolute Gasteiger partial charge is 0.501 e. The number of amides is 1. The highest BCUT2D eigenvalue weighted by atomic mass is 19.1. The Labute approximate surface area is 163 Å². The summed E-state index contributed by atoms with van der Waals surface area (Å²) < 4.78 is 13.0. The number of aromatic nitrogens is 2. The summed E-state index contributed by atoms with van der Waals surface area (Å²) in [7, 11) is 3.85. The van der Waals surface area contributed by atoms with E-state index in [-0.39, 0.29) is 18.1 Å². The van der Waals surface area contributed by atoms with Gasteiger partial charge in [0, 0.05) is 6.54 Å². The number of benzene rings is 1. The molecule has 8 heteroatoms. The van der Waals surface area contributed by atoms with Gasteiger partial charge in [0.15, 0.2) is 11.5 Å². The second-order valence-corrected chi connectivity index (χ2v) is 7.36. The van der Waals surface area contributed by atoms with Crippen LogP contribution in [0, 0.1) is 5.82 Å². The fourth-order valence-electron chi connectivity index (χ4n) is 3.69. The zero-order valence-electron chi connectivity index (χ0n) is 16.1. The molecule has 0 spiro atoms. The zero-order valence-corrected chi connectivity index (χ0v) is 16.1. The van der Waals surface area contributed by atoms with Gasteiger partial charge in [-0.05, 0) is 44.6 Å². The topological polar surface area (TPSA) is 98.6 Å². The van der Waals surface area contributed by atoms with Crippen LogP contribution in [0.5, 0.6) is 11.6 Å². The minimum absolute atomic E-state index is 0.136. The van der Waals surface area contributed by atoms with Gasteiger partial charge in [-0.25, -0.2) is 9.37 Å². The van der Waals surface area contributed by atoms with E-state index in [0.29, 0.717) is 11.4 Å². The van der Waals surface area contributed by atoms with E-state index in [4.69, 9.17) is 0 Å². The Morgan fingerprint density at radius 3 is 2.39 bits per heavy atom. The van der Waals surface area contributed by atoms with Crippen LogP contribution in [0.2, 0.25) is 0 Å². The van der Waals surface area contributed by atoms with Crippen molar-refractivity contribution in [2.75, 3.05) is 14.1 Å². The highest BCUT2D eigenvalue weighted by molar-refractivity contribution is 5.95. The van der Waals surface area contributed by atoms with Gasteiger partial charge in [-0.2, -0.15) is 4.98 Å². The Kier molecular flexibility index (Phi) is 5.79. The summed E-state index contributed by atoms with van der Waals surface area (Å²) in [6.07, 6.45) is 4.72. The van der Waals surface area contributed by atoms with Gasteiger partial charge in [0.1, 0.15) is 5.82 Å². The first-order valence-corrected chi connectivity index (χ1v) is 9.34. The molecule has 1 heterocycles. The number of nitrogens with one attached hydrogen (secondary N) is 1. The van der Waals surface area contributed by atoms with E-state index in [1.807, 2.05) is 19.0 Å². The standard InChI is InChI=1S/C20H25FN4O3/c1-25(2)20(10-4-3-5-11-20)19-23-15(16(26)18(28)24-19)17(27)22-12-13-6-8-14(21)9-7-13/h6-9,26H,3-5,10-12H2,1-2H3,(H,22,27)(H,23,24,28). The van der Waals surface area contributed by atoms with Gasteiger partial charge in [0.25, 0.3) is 11.8 Å². The predicted octanol–water partition coefficient (Wildman–Crippen LogP) is 2.68. The van der Waals surface area contributed by atoms with E-state index in [2.05, 4.69) is 15.3 Å². The normalized spacial score (nSPS) is 16.1. The van der Waals surface area contributed by atoms with Crippen LogP contribution in [0.25, 0.3) is 0 Å². The third kappa shape index (κ3) is 3.91. The SMILES string of the molecule is CN(C)C1(c2nc(O)c(O)c(C(=O)NCc3ccc(F)cc3)n2)CCCCC1. The molecule has 0 saturated heterocycles. The van der Waals surface area contributed by atoms with Crippen LogP contribution in [-0.2, 0) is 12.1 Å². The van der Waals surface area contributed by atoms with Crippen molar-refractivity contribution in [3.63, 3.8) is 0 Å². The van der Waals surface area contributed by atoms with Gasteiger partial charge >= 0.3 is 0 Å². The Hall–Kier alpha value is -2.74. The number of carbonyl (C=O) groups excluding carboxylic acids is 1. The molecule has 7 nitrogen and oxygen atoms in total. The van der Waals surface area contributed by atoms with Gasteiger partial charge in [-0.3, -0.25) is 9.69 Å². The van der Waals surface area contributed by atoms with E-state index in [1.165, 1.54) is 12.1 Å². The van der Waals surface area contributed by atoms with Crippen LogP contribution in [0.1, 0.15) is 54.0 Å². The summed E-state index contributed by atoms with van der Waals surface area (Å²) in [5, 5.41) is 22.9. The predicted molar refractivity (Wildman–Crippen MR) is 101 cm³/mol. The number of hydrogen-bond acceptors (Lipinski definition) is 6. The van der Waals surface area contributed by atoms with Gasteiger partial charge in [-0.1, -0.05) is 31.4 Å². The molecule has 0 aliphatic heterocycles. The maximum absolute atomic E-state index is 13.0.